The van der Waals surface area contributed by atoms with Gasteiger partial charge in [-0.05, 0) is 44.0 Å². The van der Waals surface area contributed by atoms with Gasteiger partial charge >= 0.3 is 6.03 Å². The van der Waals surface area contributed by atoms with Gasteiger partial charge in [-0.15, -0.1) is 10.2 Å². The summed E-state index contributed by atoms with van der Waals surface area (Å²) < 4.78 is 7.51. The molecule has 2 N–H and O–H groups in total. The molecule has 2 aromatic rings. The molecule has 7 nitrogen and oxygen atoms in total. The predicted molar refractivity (Wildman–Crippen MR) is 86.5 cm³/mol. The lowest BCUT2D eigenvalue weighted by Crippen LogP contribution is -2.29. The molecule has 7 heteroatoms. The van der Waals surface area contributed by atoms with E-state index in [1.165, 1.54) is 0 Å². The molecule has 0 saturated heterocycles. The normalized spacial score (nSPS) is 12.8. The fourth-order valence-electron chi connectivity index (χ4n) is 2.70. The number of hydrogen-bond acceptors (Lipinski definition) is 4. The summed E-state index contributed by atoms with van der Waals surface area (Å²) >= 11 is 0. The fraction of sp³-hybridized carbons (Fsp3) is 0.438. The summed E-state index contributed by atoms with van der Waals surface area (Å²) in [5.41, 5.74) is 1.71. The maximum absolute atomic E-state index is 12.1. The third kappa shape index (κ3) is 3.44. The molecule has 122 valence electrons. The average Bonchev–Trinajstić information content (AvgIpc) is 3.12. The SMILES string of the molecule is CCOc1ccc(NC(=O)NCc2nnc3n2CCC3)c(C)c1. The third-order valence-corrected chi connectivity index (χ3v) is 3.85. The van der Waals surface area contributed by atoms with Gasteiger partial charge in [0.25, 0.3) is 0 Å². The van der Waals surface area contributed by atoms with Crippen LogP contribution in [0.5, 0.6) is 5.75 Å². The lowest BCUT2D eigenvalue weighted by atomic mass is 10.2. The van der Waals surface area contributed by atoms with Crippen molar-refractivity contribution in [2.24, 2.45) is 0 Å². The number of ether oxygens (including phenoxy) is 1. The Morgan fingerprint density at radius 2 is 2.26 bits per heavy atom. The molecule has 1 aromatic heterocycles. The molecule has 1 aliphatic rings. The number of nitrogens with one attached hydrogen (secondary N) is 2. The molecular formula is C16H21N5O2. The van der Waals surface area contributed by atoms with Crippen LogP contribution >= 0.6 is 0 Å². The molecule has 3 rings (SSSR count). The minimum absolute atomic E-state index is 0.257. The van der Waals surface area contributed by atoms with Gasteiger partial charge in [-0.25, -0.2) is 4.79 Å². The summed E-state index contributed by atoms with van der Waals surface area (Å²) in [4.78, 5) is 12.1. The standard InChI is InChI=1S/C16H21N5O2/c1-3-23-12-6-7-13(11(2)9-12)18-16(22)17-10-15-20-19-14-5-4-8-21(14)15/h6-7,9H,3-5,8,10H2,1-2H3,(H2,17,18,22). The lowest BCUT2D eigenvalue weighted by molar-refractivity contribution is 0.251. The van der Waals surface area contributed by atoms with Gasteiger partial charge in [0.1, 0.15) is 11.6 Å². The van der Waals surface area contributed by atoms with Crippen LogP contribution in [0.25, 0.3) is 0 Å². The number of nitrogens with zero attached hydrogens (tertiary/aromatic N) is 3. The van der Waals surface area contributed by atoms with Gasteiger partial charge in [0.2, 0.25) is 0 Å². The predicted octanol–water partition coefficient (Wildman–Crippen LogP) is 2.25. The fourth-order valence-corrected chi connectivity index (χ4v) is 2.70. The summed E-state index contributed by atoms with van der Waals surface area (Å²) in [7, 11) is 0. The summed E-state index contributed by atoms with van der Waals surface area (Å²) in [6.07, 6.45) is 2.06. The number of aromatic nitrogens is 3. The molecule has 0 unspecified atom stereocenters. The zero-order valence-corrected chi connectivity index (χ0v) is 13.4. The van der Waals surface area contributed by atoms with Crippen molar-refractivity contribution in [2.45, 2.75) is 39.8 Å². The van der Waals surface area contributed by atoms with Crippen LogP contribution in [-0.4, -0.2) is 27.4 Å². The zero-order valence-electron chi connectivity index (χ0n) is 13.4. The van der Waals surface area contributed by atoms with Crippen LogP contribution in [0.1, 0.15) is 30.6 Å². The number of rotatable bonds is 5. The number of carbonyl (C=O) groups is 1. The van der Waals surface area contributed by atoms with E-state index in [9.17, 15) is 4.79 Å². The van der Waals surface area contributed by atoms with Gasteiger partial charge in [-0.1, -0.05) is 0 Å². The highest BCUT2D eigenvalue weighted by Crippen LogP contribution is 2.21. The molecule has 0 saturated carbocycles. The van der Waals surface area contributed by atoms with Crippen LogP contribution in [0, 0.1) is 6.92 Å². The smallest absolute Gasteiger partial charge is 0.319 e. The van der Waals surface area contributed by atoms with E-state index in [2.05, 4.69) is 25.4 Å². The number of anilines is 1. The first-order valence-corrected chi connectivity index (χ1v) is 7.86. The Labute approximate surface area is 135 Å². The van der Waals surface area contributed by atoms with Crippen molar-refractivity contribution in [1.29, 1.82) is 0 Å². The maximum atomic E-state index is 12.1. The summed E-state index contributed by atoms with van der Waals surface area (Å²) in [5, 5.41) is 13.9. The number of urea groups is 1. The van der Waals surface area contributed by atoms with E-state index in [4.69, 9.17) is 4.74 Å². The van der Waals surface area contributed by atoms with E-state index in [-0.39, 0.29) is 6.03 Å². The molecule has 2 heterocycles. The number of amides is 2. The molecule has 0 spiro atoms. The third-order valence-electron chi connectivity index (χ3n) is 3.85. The van der Waals surface area contributed by atoms with Crippen molar-refractivity contribution >= 4 is 11.7 Å². The Morgan fingerprint density at radius 1 is 1.39 bits per heavy atom. The van der Waals surface area contributed by atoms with Gasteiger partial charge in [0.15, 0.2) is 5.82 Å². The molecule has 0 fully saturated rings. The van der Waals surface area contributed by atoms with Crippen molar-refractivity contribution in [3.63, 3.8) is 0 Å². The van der Waals surface area contributed by atoms with Crippen molar-refractivity contribution < 1.29 is 9.53 Å². The second-order valence-electron chi connectivity index (χ2n) is 5.51. The van der Waals surface area contributed by atoms with Crippen LogP contribution in [0.15, 0.2) is 18.2 Å². The molecule has 1 aliphatic heterocycles. The van der Waals surface area contributed by atoms with E-state index in [1.807, 2.05) is 32.0 Å². The molecule has 0 radical (unpaired) electrons. The summed E-state index contributed by atoms with van der Waals surface area (Å²) in [5.74, 6) is 2.61. The highest BCUT2D eigenvalue weighted by molar-refractivity contribution is 5.90. The number of carbonyl (C=O) groups excluding carboxylic acids is 1. The molecule has 0 atom stereocenters. The van der Waals surface area contributed by atoms with Crippen LogP contribution in [0.3, 0.4) is 0 Å². The Bertz CT molecular complexity index is 710. The highest BCUT2D eigenvalue weighted by atomic mass is 16.5. The first-order chi connectivity index (χ1) is 11.2. The van der Waals surface area contributed by atoms with Crippen molar-refractivity contribution in [1.82, 2.24) is 20.1 Å². The number of fused-ring (bicyclic) bond motifs is 1. The van der Waals surface area contributed by atoms with Crippen LogP contribution in [0.4, 0.5) is 10.5 Å². The molecule has 0 bridgehead atoms. The molecular weight excluding hydrogens is 294 g/mol. The van der Waals surface area contributed by atoms with Gasteiger partial charge in [0, 0.05) is 18.7 Å². The Balaban J connectivity index is 1.57. The van der Waals surface area contributed by atoms with E-state index in [0.717, 1.165) is 48.0 Å². The Morgan fingerprint density at radius 3 is 3.04 bits per heavy atom. The topological polar surface area (TPSA) is 81.1 Å². The van der Waals surface area contributed by atoms with Crippen LogP contribution in [0.2, 0.25) is 0 Å². The van der Waals surface area contributed by atoms with E-state index >= 15 is 0 Å². The Hall–Kier alpha value is -2.57. The number of aryl methyl sites for hydroxylation is 2. The van der Waals surface area contributed by atoms with E-state index < -0.39 is 0 Å². The number of hydrogen-bond donors (Lipinski definition) is 2. The summed E-state index contributed by atoms with van der Waals surface area (Å²) in [6, 6.07) is 5.34. The van der Waals surface area contributed by atoms with Crippen LogP contribution < -0.4 is 15.4 Å². The van der Waals surface area contributed by atoms with Gasteiger partial charge in [-0.3, -0.25) is 0 Å². The average molecular weight is 315 g/mol. The second-order valence-corrected chi connectivity index (χ2v) is 5.51. The lowest BCUT2D eigenvalue weighted by Gasteiger charge is -2.11. The first-order valence-electron chi connectivity index (χ1n) is 7.86. The molecule has 23 heavy (non-hydrogen) atoms. The first kappa shape index (κ1) is 15.3. The van der Waals surface area contributed by atoms with Crippen LogP contribution in [-0.2, 0) is 19.5 Å². The van der Waals surface area contributed by atoms with E-state index in [0.29, 0.717) is 13.2 Å². The summed E-state index contributed by atoms with van der Waals surface area (Å²) in [6.45, 7) is 5.79. The van der Waals surface area contributed by atoms with Crippen molar-refractivity contribution in [3.05, 3.63) is 35.4 Å². The number of benzene rings is 1. The largest absolute Gasteiger partial charge is 0.494 e. The van der Waals surface area contributed by atoms with Crippen molar-refractivity contribution in [2.75, 3.05) is 11.9 Å². The molecule has 1 aromatic carbocycles. The van der Waals surface area contributed by atoms with Gasteiger partial charge in [0.05, 0.1) is 13.2 Å². The second kappa shape index (κ2) is 6.68. The van der Waals surface area contributed by atoms with E-state index in [1.54, 1.807) is 0 Å². The zero-order chi connectivity index (χ0) is 16.2. The molecule has 0 aliphatic carbocycles. The maximum Gasteiger partial charge on any atom is 0.319 e. The van der Waals surface area contributed by atoms with Gasteiger partial charge < -0.3 is 19.9 Å². The minimum Gasteiger partial charge on any atom is -0.494 e. The highest BCUT2D eigenvalue weighted by Gasteiger charge is 2.17. The Kier molecular flexibility index (Phi) is 4.45. The monoisotopic (exact) mass is 315 g/mol. The van der Waals surface area contributed by atoms with Gasteiger partial charge in [-0.2, -0.15) is 0 Å². The van der Waals surface area contributed by atoms with Crippen molar-refractivity contribution in [3.8, 4) is 5.75 Å². The molecule has 2 amide bonds. The minimum atomic E-state index is -0.257. The quantitative estimate of drug-likeness (QED) is 0.887.